The average molecular weight is 221 g/mol. The van der Waals surface area contributed by atoms with Crippen LogP contribution in [0.5, 0.6) is 5.75 Å². The van der Waals surface area contributed by atoms with Crippen LogP contribution in [0.3, 0.4) is 0 Å². The number of methoxy groups -OCH3 is 1. The first kappa shape index (κ1) is 10.7. The van der Waals surface area contributed by atoms with Gasteiger partial charge in [-0.15, -0.1) is 0 Å². The number of carbonyl (C=O) groups is 1. The minimum Gasteiger partial charge on any atom is -0.495 e. The highest BCUT2D eigenvalue weighted by Gasteiger charge is 2.25. The Hall–Kier alpha value is -1.78. The second-order valence-electron chi connectivity index (χ2n) is 3.84. The van der Waals surface area contributed by atoms with E-state index in [9.17, 15) is 4.79 Å². The molecule has 0 spiro atoms. The van der Waals surface area contributed by atoms with Crippen LogP contribution in [-0.4, -0.2) is 31.2 Å². The molecule has 0 aromatic carbocycles. The van der Waals surface area contributed by atoms with E-state index in [2.05, 4.69) is 10.3 Å². The van der Waals surface area contributed by atoms with Crippen LogP contribution in [0.15, 0.2) is 18.3 Å². The minimum atomic E-state index is -0.111. The molecule has 0 unspecified atom stereocenters. The molecule has 1 heterocycles. The zero-order valence-electron chi connectivity index (χ0n) is 9.43. The van der Waals surface area contributed by atoms with E-state index in [4.69, 9.17) is 4.74 Å². The lowest BCUT2D eigenvalue weighted by atomic mass is 10.4. The summed E-state index contributed by atoms with van der Waals surface area (Å²) in [5, 5.41) is 2.90. The van der Waals surface area contributed by atoms with Crippen LogP contribution in [0.1, 0.15) is 12.8 Å². The molecule has 1 aromatic rings. The fourth-order valence-corrected chi connectivity index (χ4v) is 1.29. The maximum atomic E-state index is 11.7. The van der Waals surface area contributed by atoms with Gasteiger partial charge in [0.05, 0.1) is 13.3 Å². The highest BCUT2D eigenvalue weighted by atomic mass is 16.5. The van der Waals surface area contributed by atoms with Gasteiger partial charge in [0.2, 0.25) is 0 Å². The van der Waals surface area contributed by atoms with Crippen molar-refractivity contribution in [3.8, 4) is 5.75 Å². The summed E-state index contributed by atoms with van der Waals surface area (Å²) in [6.07, 6.45) is 3.75. The van der Waals surface area contributed by atoms with Gasteiger partial charge in [-0.05, 0) is 25.0 Å². The fraction of sp³-hybridized carbons (Fsp3) is 0.455. The van der Waals surface area contributed by atoms with Gasteiger partial charge >= 0.3 is 6.03 Å². The first-order chi connectivity index (χ1) is 7.70. The van der Waals surface area contributed by atoms with Gasteiger partial charge in [-0.1, -0.05) is 0 Å². The van der Waals surface area contributed by atoms with Crippen LogP contribution in [0.4, 0.5) is 10.6 Å². The van der Waals surface area contributed by atoms with Gasteiger partial charge in [0, 0.05) is 13.1 Å². The second-order valence-corrected chi connectivity index (χ2v) is 3.84. The summed E-state index contributed by atoms with van der Waals surface area (Å²) in [6.45, 7) is 0. The molecular weight excluding hydrogens is 206 g/mol. The normalized spacial score (nSPS) is 14.4. The van der Waals surface area contributed by atoms with E-state index in [1.54, 1.807) is 32.5 Å². The molecule has 0 aliphatic heterocycles. The van der Waals surface area contributed by atoms with Gasteiger partial charge in [0.25, 0.3) is 0 Å². The topological polar surface area (TPSA) is 54.5 Å². The van der Waals surface area contributed by atoms with E-state index >= 15 is 0 Å². The number of pyridine rings is 1. The van der Waals surface area contributed by atoms with Gasteiger partial charge < -0.3 is 10.1 Å². The Labute approximate surface area is 94.4 Å². The van der Waals surface area contributed by atoms with E-state index in [1.165, 1.54) is 4.90 Å². The number of nitrogens with zero attached hydrogens (tertiary/aromatic N) is 2. The number of hydrogen-bond acceptors (Lipinski definition) is 3. The van der Waals surface area contributed by atoms with Crippen molar-refractivity contribution in [2.45, 2.75) is 18.9 Å². The van der Waals surface area contributed by atoms with Crippen LogP contribution in [0.2, 0.25) is 0 Å². The van der Waals surface area contributed by atoms with Crippen molar-refractivity contribution in [2.24, 2.45) is 0 Å². The molecule has 1 saturated carbocycles. The number of aromatic nitrogens is 1. The van der Waals surface area contributed by atoms with E-state index in [1.807, 2.05) is 0 Å². The van der Waals surface area contributed by atoms with Gasteiger partial charge in [-0.2, -0.15) is 0 Å². The number of rotatable bonds is 3. The molecule has 5 nitrogen and oxygen atoms in total. The molecule has 2 rings (SSSR count). The predicted octanol–water partition coefficient (Wildman–Crippen LogP) is 1.40. The monoisotopic (exact) mass is 221 g/mol. The first-order valence-corrected chi connectivity index (χ1v) is 5.25. The molecule has 0 radical (unpaired) electrons. The number of carbonyl (C=O) groups excluding carboxylic acids is 1. The smallest absolute Gasteiger partial charge is 0.323 e. The largest absolute Gasteiger partial charge is 0.495 e. The Kier molecular flexibility index (Phi) is 2.94. The molecule has 2 amide bonds. The van der Waals surface area contributed by atoms with Crippen molar-refractivity contribution in [3.63, 3.8) is 0 Å². The third-order valence-corrected chi connectivity index (χ3v) is 2.51. The quantitative estimate of drug-likeness (QED) is 0.839. The SMILES string of the molecule is COc1ccc(N(C)C(=O)NC2CC2)nc1. The molecule has 1 aliphatic carbocycles. The molecule has 0 bridgehead atoms. The molecule has 5 heteroatoms. The summed E-state index contributed by atoms with van der Waals surface area (Å²) < 4.78 is 5.00. The van der Waals surface area contributed by atoms with Gasteiger partial charge in [-0.3, -0.25) is 4.90 Å². The van der Waals surface area contributed by atoms with Gasteiger partial charge in [-0.25, -0.2) is 9.78 Å². The van der Waals surface area contributed by atoms with Crippen molar-refractivity contribution in [1.29, 1.82) is 0 Å². The molecule has 0 atom stereocenters. The van der Waals surface area contributed by atoms with E-state index in [0.29, 0.717) is 17.6 Å². The first-order valence-electron chi connectivity index (χ1n) is 5.25. The lowest BCUT2D eigenvalue weighted by molar-refractivity contribution is 0.247. The summed E-state index contributed by atoms with van der Waals surface area (Å²) in [4.78, 5) is 17.3. The predicted molar refractivity (Wildman–Crippen MR) is 60.7 cm³/mol. The van der Waals surface area contributed by atoms with Crippen molar-refractivity contribution < 1.29 is 9.53 Å². The average Bonchev–Trinajstić information content (AvgIpc) is 3.12. The third-order valence-electron chi connectivity index (χ3n) is 2.51. The molecule has 1 N–H and O–H groups in total. The molecule has 16 heavy (non-hydrogen) atoms. The summed E-state index contributed by atoms with van der Waals surface area (Å²) >= 11 is 0. The summed E-state index contributed by atoms with van der Waals surface area (Å²) in [5.41, 5.74) is 0. The molecular formula is C11H15N3O2. The van der Waals surface area contributed by atoms with Crippen molar-refractivity contribution in [1.82, 2.24) is 10.3 Å². The van der Waals surface area contributed by atoms with Crippen molar-refractivity contribution in [2.75, 3.05) is 19.1 Å². The lowest BCUT2D eigenvalue weighted by Gasteiger charge is -2.16. The maximum absolute atomic E-state index is 11.7. The summed E-state index contributed by atoms with van der Waals surface area (Å²) in [6, 6.07) is 3.78. The second kappa shape index (κ2) is 4.38. The standard InChI is InChI=1S/C11H15N3O2/c1-14(11(15)13-8-3-4-8)10-6-5-9(16-2)7-12-10/h5-8H,3-4H2,1-2H3,(H,13,15). The van der Waals surface area contributed by atoms with E-state index in [-0.39, 0.29) is 6.03 Å². The molecule has 0 saturated heterocycles. The number of ether oxygens (including phenoxy) is 1. The van der Waals surface area contributed by atoms with Crippen molar-refractivity contribution >= 4 is 11.8 Å². The highest BCUT2D eigenvalue weighted by Crippen LogP contribution is 2.20. The Bertz CT molecular complexity index is 373. The highest BCUT2D eigenvalue weighted by molar-refractivity contribution is 5.90. The van der Waals surface area contributed by atoms with Crippen LogP contribution in [0, 0.1) is 0 Å². The minimum absolute atomic E-state index is 0.111. The fourth-order valence-electron chi connectivity index (χ4n) is 1.29. The molecule has 1 aromatic heterocycles. The van der Waals surface area contributed by atoms with Crippen LogP contribution in [-0.2, 0) is 0 Å². The molecule has 1 aliphatic rings. The summed E-state index contributed by atoms with van der Waals surface area (Å²) in [5.74, 6) is 1.29. The number of hydrogen-bond donors (Lipinski definition) is 1. The maximum Gasteiger partial charge on any atom is 0.323 e. The molecule has 1 fully saturated rings. The Morgan fingerprint density at radius 3 is 2.81 bits per heavy atom. The number of anilines is 1. The van der Waals surface area contributed by atoms with Crippen LogP contribution < -0.4 is 15.0 Å². The van der Waals surface area contributed by atoms with E-state index < -0.39 is 0 Å². The van der Waals surface area contributed by atoms with Crippen LogP contribution >= 0.6 is 0 Å². The Morgan fingerprint density at radius 1 is 1.56 bits per heavy atom. The summed E-state index contributed by atoms with van der Waals surface area (Å²) in [7, 11) is 3.28. The zero-order valence-corrected chi connectivity index (χ0v) is 9.43. The zero-order chi connectivity index (χ0) is 11.5. The number of amides is 2. The Balaban J connectivity index is 2.00. The third kappa shape index (κ3) is 2.42. The Morgan fingerprint density at radius 2 is 2.31 bits per heavy atom. The molecule has 86 valence electrons. The van der Waals surface area contributed by atoms with Gasteiger partial charge in [0.1, 0.15) is 11.6 Å². The number of nitrogens with one attached hydrogen (secondary N) is 1. The van der Waals surface area contributed by atoms with Crippen LogP contribution in [0.25, 0.3) is 0 Å². The van der Waals surface area contributed by atoms with Crippen molar-refractivity contribution in [3.05, 3.63) is 18.3 Å². The van der Waals surface area contributed by atoms with Gasteiger partial charge in [0.15, 0.2) is 0 Å². The number of urea groups is 1. The lowest BCUT2D eigenvalue weighted by Crippen LogP contribution is -2.38. The van der Waals surface area contributed by atoms with E-state index in [0.717, 1.165) is 12.8 Å².